The van der Waals surface area contributed by atoms with Crippen molar-refractivity contribution < 1.29 is 9.18 Å². The van der Waals surface area contributed by atoms with Crippen molar-refractivity contribution in [2.45, 2.75) is 20.4 Å². The van der Waals surface area contributed by atoms with Crippen LogP contribution in [0, 0.1) is 19.7 Å². The zero-order chi connectivity index (χ0) is 14.7. The predicted octanol–water partition coefficient (Wildman–Crippen LogP) is 2.55. The number of aryl methyl sites for hydroxylation is 1. The predicted molar refractivity (Wildman–Crippen MR) is 76.0 cm³/mol. The molecule has 1 heterocycles. The number of hydrogen-bond donors (Lipinski definition) is 2. The number of amides is 1. The van der Waals surface area contributed by atoms with E-state index in [4.69, 9.17) is 5.73 Å². The molecule has 0 fully saturated rings. The molecule has 0 spiro atoms. The normalized spacial score (nSPS) is 10.3. The summed E-state index contributed by atoms with van der Waals surface area (Å²) in [6.07, 6.45) is 1.76. The number of primary amides is 1. The van der Waals surface area contributed by atoms with Crippen LogP contribution in [0.3, 0.4) is 0 Å². The number of pyridine rings is 1. The van der Waals surface area contributed by atoms with Gasteiger partial charge in [-0.05, 0) is 37.6 Å². The molecule has 1 aromatic heterocycles. The maximum absolute atomic E-state index is 13.7. The Bertz CT molecular complexity index is 638. The summed E-state index contributed by atoms with van der Waals surface area (Å²) in [6, 6.07) is 6.56. The zero-order valence-corrected chi connectivity index (χ0v) is 11.4. The van der Waals surface area contributed by atoms with Crippen molar-refractivity contribution in [2.75, 3.05) is 5.32 Å². The second kappa shape index (κ2) is 5.69. The molecule has 20 heavy (non-hydrogen) atoms. The molecule has 2 rings (SSSR count). The molecule has 1 amide bonds. The van der Waals surface area contributed by atoms with E-state index in [2.05, 4.69) is 10.3 Å². The van der Waals surface area contributed by atoms with Crippen molar-refractivity contribution in [3.63, 3.8) is 0 Å². The largest absolute Gasteiger partial charge is 0.381 e. The van der Waals surface area contributed by atoms with Gasteiger partial charge in [-0.3, -0.25) is 9.78 Å². The summed E-state index contributed by atoms with van der Waals surface area (Å²) in [5, 5.41) is 3.10. The van der Waals surface area contributed by atoms with Crippen molar-refractivity contribution in [3.8, 4) is 0 Å². The molecule has 1 aromatic carbocycles. The van der Waals surface area contributed by atoms with Crippen molar-refractivity contribution >= 4 is 11.6 Å². The molecule has 4 nitrogen and oxygen atoms in total. The molecule has 0 saturated carbocycles. The molecule has 104 valence electrons. The number of aromatic nitrogens is 1. The Morgan fingerprint density at radius 1 is 1.35 bits per heavy atom. The number of carbonyl (C=O) groups excluding carboxylic acids is 1. The van der Waals surface area contributed by atoms with E-state index in [9.17, 15) is 9.18 Å². The van der Waals surface area contributed by atoms with E-state index in [1.165, 1.54) is 0 Å². The third-order valence-corrected chi connectivity index (χ3v) is 3.08. The highest BCUT2D eigenvalue weighted by Gasteiger charge is 2.10. The Morgan fingerprint density at radius 3 is 2.70 bits per heavy atom. The SMILES string of the molecule is Cc1ccc(CNc2cc(C(N)=O)cc(F)c2C)cn1. The van der Waals surface area contributed by atoms with Crippen molar-refractivity contribution in [1.82, 2.24) is 4.98 Å². The van der Waals surface area contributed by atoms with E-state index in [1.807, 2.05) is 19.1 Å². The van der Waals surface area contributed by atoms with Gasteiger partial charge in [-0.15, -0.1) is 0 Å². The first-order valence-electron chi connectivity index (χ1n) is 6.22. The van der Waals surface area contributed by atoms with Gasteiger partial charge in [0.05, 0.1) is 0 Å². The van der Waals surface area contributed by atoms with Crippen LogP contribution in [0.15, 0.2) is 30.5 Å². The van der Waals surface area contributed by atoms with Gasteiger partial charge >= 0.3 is 0 Å². The van der Waals surface area contributed by atoms with E-state index in [1.54, 1.807) is 19.2 Å². The van der Waals surface area contributed by atoms with Crippen molar-refractivity contribution in [1.29, 1.82) is 0 Å². The van der Waals surface area contributed by atoms with Crippen LogP contribution >= 0.6 is 0 Å². The maximum Gasteiger partial charge on any atom is 0.248 e. The highest BCUT2D eigenvalue weighted by atomic mass is 19.1. The highest BCUT2D eigenvalue weighted by molar-refractivity contribution is 5.94. The summed E-state index contributed by atoms with van der Waals surface area (Å²) in [4.78, 5) is 15.3. The highest BCUT2D eigenvalue weighted by Crippen LogP contribution is 2.21. The smallest absolute Gasteiger partial charge is 0.248 e. The van der Waals surface area contributed by atoms with Crippen LogP contribution in [0.1, 0.15) is 27.2 Å². The minimum absolute atomic E-state index is 0.151. The number of nitrogens with zero attached hydrogens (tertiary/aromatic N) is 1. The number of nitrogens with one attached hydrogen (secondary N) is 1. The first-order valence-corrected chi connectivity index (χ1v) is 6.22. The second-order valence-corrected chi connectivity index (χ2v) is 4.66. The third kappa shape index (κ3) is 3.12. The Labute approximate surface area is 116 Å². The summed E-state index contributed by atoms with van der Waals surface area (Å²) < 4.78 is 13.7. The fourth-order valence-electron chi connectivity index (χ4n) is 1.81. The topological polar surface area (TPSA) is 68.0 Å². The lowest BCUT2D eigenvalue weighted by Gasteiger charge is -2.11. The first-order chi connectivity index (χ1) is 9.47. The minimum atomic E-state index is -0.649. The van der Waals surface area contributed by atoms with E-state index in [0.29, 0.717) is 17.8 Å². The molecular weight excluding hydrogens is 257 g/mol. The minimum Gasteiger partial charge on any atom is -0.381 e. The Hall–Kier alpha value is -2.43. The molecule has 0 radical (unpaired) electrons. The van der Waals surface area contributed by atoms with Crippen LogP contribution in [0.4, 0.5) is 10.1 Å². The summed E-state index contributed by atoms with van der Waals surface area (Å²) in [5.74, 6) is -1.10. The number of rotatable bonds is 4. The molecule has 0 atom stereocenters. The number of carbonyl (C=O) groups is 1. The van der Waals surface area contributed by atoms with Gasteiger partial charge < -0.3 is 11.1 Å². The van der Waals surface area contributed by atoms with Gasteiger partial charge in [0, 0.05) is 35.2 Å². The van der Waals surface area contributed by atoms with Crippen LogP contribution in [0.5, 0.6) is 0 Å². The van der Waals surface area contributed by atoms with E-state index >= 15 is 0 Å². The monoisotopic (exact) mass is 273 g/mol. The maximum atomic E-state index is 13.7. The van der Waals surface area contributed by atoms with Crippen molar-refractivity contribution in [2.24, 2.45) is 5.73 Å². The molecule has 0 aliphatic rings. The molecule has 2 aromatic rings. The number of hydrogen-bond acceptors (Lipinski definition) is 3. The fraction of sp³-hybridized carbons (Fsp3) is 0.200. The molecular formula is C15H16FN3O. The lowest BCUT2D eigenvalue weighted by molar-refractivity contribution is 0.1000. The van der Waals surface area contributed by atoms with E-state index in [0.717, 1.165) is 17.3 Å². The van der Waals surface area contributed by atoms with Crippen LogP contribution in [0.2, 0.25) is 0 Å². The van der Waals surface area contributed by atoms with Crippen LogP contribution in [-0.4, -0.2) is 10.9 Å². The molecule has 0 unspecified atom stereocenters. The Morgan fingerprint density at radius 2 is 2.10 bits per heavy atom. The number of nitrogens with two attached hydrogens (primary N) is 1. The van der Waals surface area contributed by atoms with Gasteiger partial charge in [-0.1, -0.05) is 6.07 Å². The molecule has 0 aliphatic heterocycles. The Kier molecular flexibility index (Phi) is 3.98. The average Bonchev–Trinajstić information content (AvgIpc) is 2.42. The lowest BCUT2D eigenvalue weighted by atomic mass is 10.1. The van der Waals surface area contributed by atoms with Gasteiger partial charge in [-0.2, -0.15) is 0 Å². The van der Waals surface area contributed by atoms with Gasteiger partial charge in [0.25, 0.3) is 0 Å². The van der Waals surface area contributed by atoms with Gasteiger partial charge in [0.1, 0.15) is 5.82 Å². The third-order valence-electron chi connectivity index (χ3n) is 3.08. The van der Waals surface area contributed by atoms with Gasteiger partial charge in [-0.25, -0.2) is 4.39 Å². The van der Waals surface area contributed by atoms with Crippen molar-refractivity contribution in [3.05, 3.63) is 58.7 Å². The molecule has 0 bridgehead atoms. The average molecular weight is 273 g/mol. The van der Waals surface area contributed by atoms with Gasteiger partial charge in [0.15, 0.2) is 0 Å². The van der Waals surface area contributed by atoms with E-state index in [-0.39, 0.29) is 5.56 Å². The fourth-order valence-corrected chi connectivity index (χ4v) is 1.81. The molecule has 5 heteroatoms. The summed E-state index contributed by atoms with van der Waals surface area (Å²) >= 11 is 0. The van der Waals surface area contributed by atoms with E-state index < -0.39 is 11.7 Å². The first kappa shape index (κ1) is 14.0. The standard InChI is InChI=1S/C15H16FN3O/c1-9-3-4-11(7-18-9)8-19-14-6-12(15(17)20)5-13(16)10(14)2/h3-7,19H,8H2,1-2H3,(H2,17,20). The Balaban J connectivity index is 2.20. The van der Waals surface area contributed by atoms with Crippen LogP contribution in [0.25, 0.3) is 0 Å². The number of anilines is 1. The summed E-state index contributed by atoms with van der Waals surface area (Å²) in [7, 11) is 0. The number of benzene rings is 1. The van der Waals surface area contributed by atoms with Crippen LogP contribution in [-0.2, 0) is 6.54 Å². The summed E-state index contributed by atoms with van der Waals surface area (Å²) in [6.45, 7) is 4.05. The zero-order valence-electron chi connectivity index (χ0n) is 11.4. The molecule has 0 saturated heterocycles. The number of halogens is 1. The van der Waals surface area contributed by atoms with Gasteiger partial charge in [0.2, 0.25) is 5.91 Å². The second-order valence-electron chi connectivity index (χ2n) is 4.66. The molecule has 0 aliphatic carbocycles. The van der Waals surface area contributed by atoms with Crippen LogP contribution < -0.4 is 11.1 Å². The lowest BCUT2D eigenvalue weighted by Crippen LogP contribution is -2.13. The quantitative estimate of drug-likeness (QED) is 0.899. The molecule has 3 N–H and O–H groups in total. The summed E-state index contributed by atoms with van der Waals surface area (Å²) in [5.41, 5.74) is 8.25.